The third-order valence-corrected chi connectivity index (χ3v) is 6.36. The molecule has 1 heterocycles. The summed E-state index contributed by atoms with van der Waals surface area (Å²) in [6, 6.07) is 0. The van der Waals surface area contributed by atoms with Gasteiger partial charge in [0, 0.05) is 17.8 Å². The van der Waals surface area contributed by atoms with E-state index in [-0.39, 0.29) is 0 Å². The lowest BCUT2D eigenvalue weighted by molar-refractivity contribution is 0.141. The zero-order valence-electron chi connectivity index (χ0n) is 14.3. The number of hydrogen-bond donors (Lipinski definition) is 1. The molecule has 1 fully saturated rings. The number of nitrogens with one attached hydrogen (secondary N) is 1. The molecule has 2 nitrogen and oxygen atoms in total. The molecule has 1 aliphatic carbocycles. The first-order chi connectivity index (χ1) is 10.1. The Bertz CT molecular complexity index is 411. The monoisotopic (exact) mass is 308 g/mol. The van der Waals surface area contributed by atoms with Crippen LogP contribution in [0.1, 0.15) is 67.4 Å². The van der Waals surface area contributed by atoms with Crippen LogP contribution >= 0.6 is 11.3 Å². The van der Waals surface area contributed by atoms with Crippen molar-refractivity contribution in [3.8, 4) is 0 Å². The Morgan fingerprint density at radius 3 is 2.52 bits per heavy atom. The van der Waals surface area contributed by atoms with Crippen LogP contribution in [0.15, 0.2) is 0 Å². The van der Waals surface area contributed by atoms with Crippen LogP contribution in [-0.2, 0) is 6.42 Å². The van der Waals surface area contributed by atoms with Crippen LogP contribution in [0.2, 0.25) is 0 Å². The lowest BCUT2D eigenvalue weighted by atomic mass is 9.67. The number of aromatic nitrogens is 1. The maximum atomic E-state index is 4.79. The highest BCUT2D eigenvalue weighted by atomic mass is 32.1. The van der Waals surface area contributed by atoms with Crippen LogP contribution in [0.5, 0.6) is 0 Å². The van der Waals surface area contributed by atoms with Gasteiger partial charge in [-0.25, -0.2) is 4.98 Å². The molecule has 1 aromatic heterocycles. The molecular weight excluding hydrogens is 276 g/mol. The minimum atomic E-state index is 0.453. The smallest absolute Gasteiger partial charge is 0.0936 e. The van der Waals surface area contributed by atoms with Gasteiger partial charge in [-0.15, -0.1) is 11.3 Å². The molecule has 0 aromatic carbocycles. The van der Waals surface area contributed by atoms with E-state index in [1.165, 1.54) is 66.9 Å². The standard InChI is InChI=1S/C18H32N2S/c1-5-6-7-16-8-10-18(11-9-16,13-19-4)12-17-20-14(2)15(3)21-17/h16,19H,5-13H2,1-4H3. The summed E-state index contributed by atoms with van der Waals surface area (Å²) >= 11 is 1.91. The lowest BCUT2D eigenvalue weighted by Crippen LogP contribution is -2.38. The van der Waals surface area contributed by atoms with Gasteiger partial charge < -0.3 is 5.32 Å². The minimum absolute atomic E-state index is 0.453. The minimum Gasteiger partial charge on any atom is -0.319 e. The summed E-state index contributed by atoms with van der Waals surface area (Å²) in [4.78, 5) is 6.18. The van der Waals surface area contributed by atoms with Crippen LogP contribution in [0.3, 0.4) is 0 Å². The first-order valence-electron chi connectivity index (χ1n) is 8.66. The van der Waals surface area contributed by atoms with Gasteiger partial charge in [-0.05, 0) is 57.9 Å². The van der Waals surface area contributed by atoms with E-state index >= 15 is 0 Å². The third-order valence-electron chi connectivity index (χ3n) is 5.28. The average Bonchev–Trinajstić information content (AvgIpc) is 2.77. The molecular formula is C18H32N2S. The summed E-state index contributed by atoms with van der Waals surface area (Å²) in [5.74, 6) is 0.981. The normalized spacial score (nSPS) is 26.2. The zero-order chi connectivity index (χ0) is 15.3. The van der Waals surface area contributed by atoms with Gasteiger partial charge in [-0.1, -0.05) is 26.2 Å². The van der Waals surface area contributed by atoms with Gasteiger partial charge in [-0.2, -0.15) is 0 Å². The van der Waals surface area contributed by atoms with Crippen LogP contribution in [0.4, 0.5) is 0 Å². The van der Waals surface area contributed by atoms with Gasteiger partial charge in [0.15, 0.2) is 0 Å². The zero-order valence-corrected chi connectivity index (χ0v) is 15.1. The van der Waals surface area contributed by atoms with Crippen molar-refractivity contribution in [2.24, 2.45) is 11.3 Å². The number of thiazole rings is 1. The summed E-state index contributed by atoms with van der Waals surface area (Å²) in [6.07, 6.45) is 11.0. The molecule has 1 saturated carbocycles. The van der Waals surface area contributed by atoms with Crippen molar-refractivity contribution in [1.29, 1.82) is 0 Å². The second-order valence-corrected chi connectivity index (χ2v) is 8.33. The predicted molar refractivity (Wildman–Crippen MR) is 93.1 cm³/mol. The molecule has 0 amide bonds. The second-order valence-electron chi connectivity index (χ2n) is 7.04. The van der Waals surface area contributed by atoms with Crippen LogP contribution < -0.4 is 5.32 Å². The Morgan fingerprint density at radius 1 is 1.29 bits per heavy atom. The molecule has 21 heavy (non-hydrogen) atoms. The van der Waals surface area contributed by atoms with E-state index in [1.807, 2.05) is 11.3 Å². The number of aryl methyl sites for hydroxylation is 2. The summed E-state index contributed by atoms with van der Waals surface area (Å²) in [7, 11) is 2.10. The molecule has 1 aromatic rings. The van der Waals surface area contributed by atoms with Gasteiger partial charge in [0.2, 0.25) is 0 Å². The quantitative estimate of drug-likeness (QED) is 0.776. The Balaban J connectivity index is 1.98. The average molecular weight is 309 g/mol. The van der Waals surface area contributed by atoms with Crippen molar-refractivity contribution >= 4 is 11.3 Å². The number of hydrogen-bond acceptors (Lipinski definition) is 3. The molecule has 0 unspecified atom stereocenters. The van der Waals surface area contributed by atoms with Crippen molar-refractivity contribution in [3.05, 3.63) is 15.6 Å². The molecule has 3 heteroatoms. The summed E-state index contributed by atoms with van der Waals surface area (Å²) < 4.78 is 0. The highest BCUT2D eigenvalue weighted by Crippen LogP contribution is 2.43. The topological polar surface area (TPSA) is 24.9 Å². The van der Waals surface area contributed by atoms with Crippen molar-refractivity contribution in [1.82, 2.24) is 10.3 Å². The van der Waals surface area contributed by atoms with Gasteiger partial charge in [0.1, 0.15) is 0 Å². The first-order valence-corrected chi connectivity index (χ1v) is 9.48. The fraction of sp³-hybridized carbons (Fsp3) is 0.833. The fourth-order valence-corrected chi connectivity index (χ4v) is 4.91. The van der Waals surface area contributed by atoms with Crippen LogP contribution in [-0.4, -0.2) is 18.6 Å². The summed E-state index contributed by atoms with van der Waals surface area (Å²) in [6.45, 7) is 7.79. The molecule has 0 bridgehead atoms. The molecule has 1 N–H and O–H groups in total. The Kier molecular flexibility index (Phi) is 6.24. The molecule has 120 valence electrons. The highest BCUT2D eigenvalue weighted by Gasteiger charge is 2.35. The molecule has 1 aliphatic rings. The van der Waals surface area contributed by atoms with Crippen molar-refractivity contribution < 1.29 is 0 Å². The predicted octanol–water partition coefficient (Wildman–Crippen LogP) is 4.89. The fourth-order valence-electron chi connectivity index (χ4n) is 3.80. The number of rotatable bonds is 7. The Labute approximate surface area is 134 Å². The maximum absolute atomic E-state index is 4.79. The van der Waals surface area contributed by atoms with Gasteiger partial charge >= 0.3 is 0 Å². The molecule has 0 saturated heterocycles. The number of unbranched alkanes of at least 4 members (excludes halogenated alkanes) is 1. The van der Waals surface area contributed by atoms with Crippen molar-refractivity contribution in [2.45, 2.75) is 72.1 Å². The van der Waals surface area contributed by atoms with E-state index in [2.05, 4.69) is 33.1 Å². The highest BCUT2D eigenvalue weighted by molar-refractivity contribution is 7.11. The SMILES string of the molecule is CCCCC1CCC(CNC)(Cc2nc(C)c(C)s2)CC1. The number of nitrogens with zero attached hydrogens (tertiary/aromatic N) is 1. The molecule has 0 aliphatic heterocycles. The van der Waals surface area contributed by atoms with Gasteiger partial charge in [0.05, 0.1) is 10.7 Å². The van der Waals surface area contributed by atoms with E-state index in [4.69, 9.17) is 4.98 Å². The maximum Gasteiger partial charge on any atom is 0.0936 e. The second kappa shape index (κ2) is 7.73. The third kappa shape index (κ3) is 4.53. The van der Waals surface area contributed by atoms with Crippen molar-refractivity contribution in [3.63, 3.8) is 0 Å². The summed E-state index contributed by atoms with van der Waals surface area (Å²) in [5.41, 5.74) is 1.68. The van der Waals surface area contributed by atoms with Crippen molar-refractivity contribution in [2.75, 3.05) is 13.6 Å². The Hall–Kier alpha value is -0.410. The van der Waals surface area contributed by atoms with E-state index in [1.54, 1.807) is 0 Å². The lowest BCUT2D eigenvalue weighted by Gasteiger charge is -2.40. The molecule has 0 atom stereocenters. The van der Waals surface area contributed by atoms with Gasteiger partial charge in [-0.3, -0.25) is 0 Å². The van der Waals surface area contributed by atoms with E-state index in [0.29, 0.717) is 5.41 Å². The van der Waals surface area contributed by atoms with Crippen LogP contribution in [0.25, 0.3) is 0 Å². The summed E-state index contributed by atoms with van der Waals surface area (Å²) in [5, 5.41) is 4.81. The molecule has 2 rings (SSSR count). The molecule has 0 radical (unpaired) electrons. The van der Waals surface area contributed by atoms with E-state index in [9.17, 15) is 0 Å². The largest absolute Gasteiger partial charge is 0.319 e. The Morgan fingerprint density at radius 2 is 2.00 bits per heavy atom. The van der Waals surface area contributed by atoms with Crippen LogP contribution in [0, 0.1) is 25.2 Å². The first kappa shape index (κ1) is 17.0. The molecule has 0 spiro atoms. The van der Waals surface area contributed by atoms with Gasteiger partial charge in [0.25, 0.3) is 0 Å². The van der Waals surface area contributed by atoms with E-state index in [0.717, 1.165) is 12.5 Å². The van der Waals surface area contributed by atoms with E-state index < -0.39 is 0 Å².